The maximum atomic E-state index is 11.9. The third-order valence-electron chi connectivity index (χ3n) is 2.92. The number of hydrogen-bond acceptors (Lipinski definition) is 4. The van der Waals surface area contributed by atoms with Crippen molar-refractivity contribution in [1.82, 2.24) is 10.0 Å². The number of thioether (sulfide) groups is 1. The Balaban J connectivity index is 3.72. The van der Waals surface area contributed by atoms with Crippen molar-refractivity contribution in [3.63, 3.8) is 0 Å². The Morgan fingerprint density at radius 3 is 2.26 bits per heavy atom. The van der Waals surface area contributed by atoms with Crippen molar-refractivity contribution in [3.8, 4) is 0 Å². The van der Waals surface area contributed by atoms with Crippen LogP contribution in [0.25, 0.3) is 0 Å². The number of hydrogen-bond donors (Lipinski definition) is 2. The second-order valence-electron chi connectivity index (χ2n) is 5.22. The minimum atomic E-state index is -3.17. The largest absolute Gasteiger partial charge is 0.313 e. The Hall–Kier alpha value is 0.220. The summed E-state index contributed by atoms with van der Waals surface area (Å²) in [6.45, 7) is 6.84. The molecule has 4 nitrogen and oxygen atoms in total. The molecular formula is C13H30N2O2S2. The molecule has 0 fully saturated rings. The van der Waals surface area contributed by atoms with E-state index in [1.807, 2.05) is 25.6 Å². The monoisotopic (exact) mass is 310 g/mol. The van der Waals surface area contributed by atoms with Gasteiger partial charge < -0.3 is 5.32 Å². The van der Waals surface area contributed by atoms with Crippen molar-refractivity contribution >= 4 is 21.8 Å². The van der Waals surface area contributed by atoms with Crippen LogP contribution in [0.5, 0.6) is 0 Å². The van der Waals surface area contributed by atoms with Gasteiger partial charge in [-0.2, -0.15) is 11.8 Å². The molecule has 0 rings (SSSR count). The number of unbranched alkanes of at least 4 members (excludes halogenated alkanes) is 3. The predicted molar refractivity (Wildman–Crippen MR) is 86.4 cm³/mol. The molecule has 0 aliphatic rings. The summed E-state index contributed by atoms with van der Waals surface area (Å²) in [4.78, 5) is 0. The fraction of sp³-hybridized carbons (Fsp3) is 1.00. The van der Waals surface area contributed by atoms with Crippen LogP contribution in [0.15, 0.2) is 0 Å². The van der Waals surface area contributed by atoms with Gasteiger partial charge in [-0.1, -0.05) is 26.7 Å². The zero-order valence-corrected chi connectivity index (χ0v) is 14.4. The van der Waals surface area contributed by atoms with Crippen molar-refractivity contribution in [1.29, 1.82) is 0 Å². The third kappa shape index (κ3) is 10.6. The van der Waals surface area contributed by atoms with Gasteiger partial charge in [-0.15, -0.1) is 0 Å². The van der Waals surface area contributed by atoms with E-state index in [-0.39, 0.29) is 5.25 Å². The van der Waals surface area contributed by atoms with E-state index in [1.165, 1.54) is 18.6 Å². The zero-order chi connectivity index (χ0) is 14.7. The Labute approximate surface area is 123 Å². The molecule has 1 atom stereocenters. The van der Waals surface area contributed by atoms with Gasteiger partial charge in [0.15, 0.2) is 0 Å². The van der Waals surface area contributed by atoms with Gasteiger partial charge in [-0.25, -0.2) is 13.1 Å². The van der Waals surface area contributed by atoms with Crippen LogP contribution in [0, 0.1) is 0 Å². The predicted octanol–water partition coefficient (Wildman–Crippen LogP) is 2.22. The average molecular weight is 311 g/mol. The van der Waals surface area contributed by atoms with Crippen molar-refractivity contribution in [2.45, 2.75) is 57.7 Å². The number of rotatable bonds is 12. The van der Waals surface area contributed by atoms with E-state index in [4.69, 9.17) is 0 Å². The van der Waals surface area contributed by atoms with Crippen LogP contribution >= 0.6 is 11.8 Å². The summed E-state index contributed by atoms with van der Waals surface area (Å²) in [5, 5.41) is 2.77. The fourth-order valence-electron chi connectivity index (χ4n) is 1.59. The van der Waals surface area contributed by atoms with Crippen LogP contribution in [-0.4, -0.2) is 44.8 Å². The molecule has 6 heteroatoms. The lowest BCUT2D eigenvalue weighted by atomic mass is 10.2. The van der Waals surface area contributed by atoms with Crippen molar-refractivity contribution in [2.75, 3.05) is 25.1 Å². The molecule has 0 bridgehead atoms. The van der Waals surface area contributed by atoms with Gasteiger partial charge in [0, 0.05) is 19.1 Å². The standard InChI is InChI=1S/C13H30N2O2S2/c1-12(2)14-11-13(3)19(16,17)15-9-7-5-6-8-10-18-4/h12-15H,5-11H2,1-4H3. The van der Waals surface area contributed by atoms with Gasteiger partial charge in [-0.05, 0) is 31.8 Å². The van der Waals surface area contributed by atoms with Crippen molar-refractivity contribution in [2.24, 2.45) is 0 Å². The first kappa shape index (κ1) is 19.2. The van der Waals surface area contributed by atoms with Gasteiger partial charge in [-0.3, -0.25) is 0 Å². The topological polar surface area (TPSA) is 58.2 Å². The highest BCUT2D eigenvalue weighted by Gasteiger charge is 2.19. The number of sulfonamides is 1. The zero-order valence-electron chi connectivity index (χ0n) is 12.7. The SMILES string of the molecule is CSCCCCCCNS(=O)(=O)C(C)CNC(C)C. The van der Waals surface area contributed by atoms with E-state index in [2.05, 4.69) is 16.3 Å². The van der Waals surface area contributed by atoms with E-state index in [9.17, 15) is 8.42 Å². The highest BCUT2D eigenvalue weighted by atomic mass is 32.2. The van der Waals surface area contributed by atoms with Gasteiger partial charge in [0.05, 0.1) is 5.25 Å². The molecule has 0 radical (unpaired) electrons. The van der Waals surface area contributed by atoms with Gasteiger partial charge in [0.2, 0.25) is 10.0 Å². The Bertz CT molecular complexity index is 306. The molecule has 0 aliphatic heterocycles. The summed E-state index contributed by atoms with van der Waals surface area (Å²) in [6.07, 6.45) is 6.55. The Kier molecular flexibility index (Phi) is 11.1. The van der Waals surface area contributed by atoms with Crippen LogP contribution in [0.2, 0.25) is 0 Å². The normalized spacial score (nSPS) is 13.9. The molecule has 0 spiro atoms. The van der Waals surface area contributed by atoms with E-state index in [0.29, 0.717) is 19.1 Å². The molecule has 0 aromatic carbocycles. The van der Waals surface area contributed by atoms with Crippen LogP contribution in [0.4, 0.5) is 0 Å². The van der Waals surface area contributed by atoms with Crippen molar-refractivity contribution < 1.29 is 8.42 Å². The smallest absolute Gasteiger partial charge is 0.215 e. The maximum Gasteiger partial charge on any atom is 0.215 e. The van der Waals surface area contributed by atoms with Crippen LogP contribution in [0.3, 0.4) is 0 Å². The molecular weight excluding hydrogens is 280 g/mol. The van der Waals surface area contributed by atoms with E-state index >= 15 is 0 Å². The fourth-order valence-corrected chi connectivity index (χ4v) is 3.11. The lowest BCUT2D eigenvalue weighted by Crippen LogP contribution is -2.41. The van der Waals surface area contributed by atoms with Gasteiger partial charge in [0.1, 0.15) is 0 Å². The molecule has 0 amide bonds. The first-order valence-electron chi connectivity index (χ1n) is 7.11. The van der Waals surface area contributed by atoms with Crippen LogP contribution in [-0.2, 0) is 10.0 Å². The second-order valence-corrected chi connectivity index (χ2v) is 8.39. The Morgan fingerprint density at radius 2 is 1.68 bits per heavy atom. The van der Waals surface area contributed by atoms with Crippen molar-refractivity contribution in [3.05, 3.63) is 0 Å². The quantitative estimate of drug-likeness (QED) is 0.543. The minimum absolute atomic E-state index is 0.314. The summed E-state index contributed by atoms with van der Waals surface area (Å²) in [6, 6.07) is 0.314. The molecule has 0 saturated carbocycles. The highest BCUT2D eigenvalue weighted by molar-refractivity contribution is 7.98. The average Bonchev–Trinajstić information content (AvgIpc) is 2.34. The molecule has 116 valence electrons. The second kappa shape index (κ2) is 10.9. The van der Waals surface area contributed by atoms with E-state index in [0.717, 1.165) is 12.8 Å². The van der Waals surface area contributed by atoms with E-state index < -0.39 is 10.0 Å². The molecule has 1 unspecified atom stereocenters. The summed E-state index contributed by atoms with van der Waals surface area (Å²) in [5.41, 5.74) is 0. The van der Waals surface area contributed by atoms with E-state index in [1.54, 1.807) is 6.92 Å². The lowest BCUT2D eigenvalue weighted by Gasteiger charge is -2.16. The third-order valence-corrected chi connectivity index (χ3v) is 5.45. The Morgan fingerprint density at radius 1 is 1.05 bits per heavy atom. The molecule has 0 aromatic heterocycles. The van der Waals surface area contributed by atoms with Gasteiger partial charge >= 0.3 is 0 Å². The first-order valence-corrected chi connectivity index (χ1v) is 10.0. The molecule has 2 N–H and O–H groups in total. The summed E-state index contributed by atoms with van der Waals surface area (Å²) >= 11 is 1.86. The first-order chi connectivity index (χ1) is 8.90. The highest BCUT2D eigenvalue weighted by Crippen LogP contribution is 2.05. The molecule has 0 heterocycles. The van der Waals surface area contributed by atoms with Crippen LogP contribution < -0.4 is 10.0 Å². The van der Waals surface area contributed by atoms with Gasteiger partial charge in [0.25, 0.3) is 0 Å². The summed E-state index contributed by atoms with van der Waals surface area (Å²) < 4.78 is 26.5. The lowest BCUT2D eigenvalue weighted by molar-refractivity contribution is 0.537. The minimum Gasteiger partial charge on any atom is -0.313 e. The molecule has 0 saturated heterocycles. The molecule has 0 aliphatic carbocycles. The maximum absolute atomic E-state index is 11.9. The summed E-state index contributed by atoms with van der Waals surface area (Å²) in [5.74, 6) is 1.20. The number of nitrogens with one attached hydrogen (secondary N) is 2. The molecule has 0 aromatic rings. The molecule has 19 heavy (non-hydrogen) atoms. The summed E-state index contributed by atoms with van der Waals surface area (Å²) in [7, 11) is -3.17. The van der Waals surface area contributed by atoms with Crippen LogP contribution in [0.1, 0.15) is 46.5 Å².